The van der Waals surface area contributed by atoms with Gasteiger partial charge in [-0.3, -0.25) is 4.79 Å². The molecule has 1 aromatic rings. The minimum absolute atomic E-state index is 0.386. The molecule has 0 amide bonds. The smallest absolute Gasteiger partial charge is 0.345 e. The van der Waals surface area contributed by atoms with Gasteiger partial charge in [0.2, 0.25) is 0 Å². The van der Waals surface area contributed by atoms with Gasteiger partial charge in [-0.1, -0.05) is 6.92 Å². The van der Waals surface area contributed by atoms with Crippen molar-refractivity contribution in [2.24, 2.45) is 5.92 Å². The Hall–Kier alpha value is -1.65. The molecule has 5 heteroatoms. The van der Waals surface area contributed by atoms with Gasteiger partial charge in [-0.2, -0.15) is 4.98 Å². The van der Waals surface area contributed by atoms with Gasteiger partial charge in [0.1, 0.15) is 0 Å². The predicted molar refractivity (Wildman–Crippen MR) is 54.8 cm³/mol. The quantitative estimate of drug-likeness (QED) is 0.767. The molecule has 0 spiro atoms. The second kappa shape index (κ2) is 4.25. The van der Waals surface area contributed by atoms with Crippen molar-refractivity contribution in [1.29, 1.82) is 0 Å². The highest BCUT2D eigenvalue weighted by Gasteiger charge is 2.15. The molecule has 0 radical (unpaired) electrons. The molecule has 2 N–H and O–H groups in total. The van der Waals surface area contributed by atoms with E-state index in [-0.39, 0.29) is 0 Å². The summed E-state index contributed by atoms with van der Waals surface area (Å²) in [5.41, 5.74) is 1.71. The first kappa shape index (κ1) is 11.4. The molecule has 0 bridgehead atoms. The highest BCUT2D eigenvalue weighted by atomic mass is 16.4. The van der Waals surface area contributed by atoms with Crippen LogP contribution in [0.5, 0.6) is 0 Å². The Labute approximate surface area is 87.2 Å². The maximum absolute atomic E-state index is 11.0. The van der Waals surface area contributed by atoms with E-state index in [2.05, 4.69) is 9.97 Å². The van der Waals surface area contributed by atoms with Crippen LogP contribution in [0.15, 0.2) is 4.79 Å². The van der Waals surface area contributed by atoms with Crippen molar-refractivity contribution in [2.45, 2.75) is 27.2 Å². The molecule has 0 aliphatic heterocycles. The number of aryl methyl sites for hydroxylation is 2. The zero-order valence-electron chi connectivity index (χ0n) is 9.00. The maximum atomic E-state index is 11.0. The number of carboxylic acid groups (broad SMARTS) is 1. The van der Waals surface area contributed by atoms with Gasteiger partial charge in [0, 0.05) is 11.4 Å². The predicted octanol–water partition coefficient (Wildman–Crippen LogP) is 0.650. The number of aromatic nitrogens is 2. The summed E-state index contributed by atoms with van der Waals surface area (Å²) in [5, 5.41) is 8.79. The molecule has 82 valence electrons. The Morgan fingerprint density at radius 3 is 2.60 bits per heavy atom. The summed E-state index contributed by atoms with van der Waals surface area (Å²) in [6.45, 7) is 5.10. The fraction of sp³-hybridized carbons (Fsp3) is 0.500. The third kappa shape index (κ3) is 2.65. The molecule has 0 saturated heterocycles. The van der Waals surface area contributed by atoms with Crippen molar-refractivity contribution in [1.82, 2.24) is 9.97 Å². The Balaban J connectivity index is 3.05. The maximum Gasteiger partial charge on any atom is 0.345 e. The van der Waals surface area contributed by atoms with E-state index in [1.165, 1.54) is 0 Å². The van der Waals surface area contributed by atoms with Crippen molar-refractivity contribution < 1.29 is 9.90 Å². The lowest BCUT2D eigenvalue weighted by Crippen LogP contribution is -2.19. The molecule has 1 unspecified atom stereocenters. The van der Waals surface area contributed by atoms with Crippen molar-refractivity contribution in [2.75, 3.05) is 0 Å². The highest BCUT2D eigenvalue weighted by molar-refractivity contribution is 5.70. The molecular formula is C10H14N2O3. The van der Waals surface area contributed by atoms with E-state index in [1.807, 2.05) is 0 Å². The van der Waals surface area contributed by atoms with E-state index in [4.69, 9.17) is 5.11 Å². The van der Waals surface area contributed by atoms with E-state index in [1.54, 1.807) is 20.8 Å². The SMILES string of the molecule is Cc1nc(=O)[nH]c(C)c1CC(C)C(=O)O. The second-order valence-corrected chi connectivity index (χ2v) is 3.67. The summed E-state index contributed by atoms with van der Waals surface area (Å²) >= 11 is 0. The summed E-state index contributed by atoms with van der Waals surface area (Å²) in [6.07, 6.45) is 0.386. The average molecular weight is 210 g/mol. The highest BCUT2D eigenvalue weighted by Crippen LogP contribution is 2.13. The van der Waals surface area contributed by atoms with Gasteiger partial charge < -0.3 is 10.1 Å². The molecule has 15 heavy (non-hydrogen) atoms. The van der Waals surface area contributed by atoms with Crippen LogP contribution in [0, 0.1) is 19.8 Å². The number of aliphatic carboxylic acids is 1. The van der Waals surface area contributed by atoms with Crippen LogP contribution in [0.2, 0.25) is 0 Å². The Morgan fingerprint density at radius 1 is 1.53 bits per heavy atom. The van der Waals surface area contributed by atoms with Gasteiger partial charge in [0.15, 0.2) is 0 Å². The molecule has 0 aliphatic carbocycles. The molecule has 0 fully saturated rings. The van der Waals surface area contributed by atoms with E-state index < -0.39 is 17.6 Å². The van der Waals surface area contributed by atoms with Crippen molar-refractivity contribution in [3.63, 3.8) is 0 Å². The Kier molecular flexibility index (Phi) is 3.24. The summed E-state index contributed by atoms with van der Waals surface area (Å²) in [4.78, 5) is 28.0. The number of carbonyl (C=O) groups is 1. The molecule has 1 rings (SSSR count). The van der Waals surface area contributed by atoms with E-state index >= 15 is 0 Å². The molecule has 1 atom stereocenters. The van der Waals surface area contributed by atoms with Gasteiger partial charge >= 0.3 is 11.7 Å². The fourth-order valence-electron chi connectivity index (χ4n) is 1.45. The lowest BCUT2D eigenvalue weighted by molar-refractivity contribution is -0.141. The first-order chi connectivity index (χ1) is 6.91. The van der Waals surface area contributed by atoms with Crippen LogP contribution in [-0.4, -0.2) is 21.0 Å². The summed E-state index contributed by atoms with van der Waals surface area (Å²) in [7, 11) is 0. The van der Waals surface area contributed by atoms with Crippen molar-refractivity contribution in [3.05, 3.63) is 27.4 Å². The number of rotatable bonds is 3. The summed E-state index contributed by atoms with van der Waals surface area (Å²) in [5.74, 6) is -1.32. The number of hydrogen-bond donors (Lipinski definition) is 2. The van der Waals surface area contributed by atoms with Crippen molar-refractivity contribution in [3.8, 4) is 0 Å². The number of hydrogen-bond acceptors (Lipinski definition) is 3. The second-order valence-electron chi connectivity index (χ2n) is 3.67. The normalized spacial score (nSPS) is 12.5. The first-order valence-electron chi connectivity index (χ1n) is 4.71. The molecule has 0 saturated carbocycles. The van der Waals surface area contributed by atoms with E-state index in [0.717, 1.165) is 5.56 Å². The lowest BCUT2D eigenvalue weighted by Gasteiger charge is -2.10. The van der Waals surface area contributed by atoms with E-state index in [9.17, 15) is 9.59 Å². The molecule has 1 heterocycles. The van der Waals surface area contributed by atoms with Crippen LogP contribution in [0.25, 0.3) is 0 Å². The standard InChI is InChI=1S/C10H14N2O3/c1-5(9(13)14)4-8-6(2)11-10(15)12-7(8)3/h5H,4H2,1-3H3,(H,13,14)(H,11,12,15). The number of H-pyrrole nitrogens is 1. The third-order valence-electron chi connectivity index (χ3n) is 2.38. The molecular weight excluding hydrogens is 196 g/mol. The topological polar surface area (TPSA) is 83.0 Å². The summed E-state index contributed by atoms with van der Waals surface area (Å²) in [6, 6.07) is 0. The first-order valence-corrected chi connectivity index (χ1v) is 4.71. The van der Waals surface area contributed by atoms with Crippen LogP contribution >= 0.6 is 0 Å². The summed E-state index contributed by atoms with van der Waals surface area (Å²) < 4.78 is 0. The monoisotopic (exact) mass is 210 g/mol. The zero-order chi connectivity index (χ0) is 11.6. The largest absolute Gasteiger partial charge is 0.481 e. The van der Waals surface area contributed by atoms with Gasteiger partial charge in [-0.15, -0.1) is 0 Å². The molecule has 0 aromatic carbocycles. The minimum Gasteiger partial charge on any atom is -0.481 e. The van der Waals surface area contributed by atoms with Crippen LogP contribution in [0.1, 0.15) is 23.9 Å². The molecule has 5 nitrogen and oxygen atoms in total. The zero-order valence-corrected chi connectivity index (χ0v) is 9.00. The van der Waals surface area contributed by atoms with Crippen LogP contribution in [-0.2, 0) is 11.2 Å². The Morgan fingerprint density at radius 2 is 2.13 bits per heavy atom. The van der Waals surface area contributed by atoms with E-state index in [0.29, 0.717) is 17.8 Å². The number of carboxylic acids is 1. The van der Waals surface area contributed by atoms with Crippen LogP contribution < -0.4 is 5.69 Å². The Bertz CT molecular complexity index is 411. The number of aromatic amines is 1. The number of nitrogens with one attached hydrogen (secondary N) is 1. The fourth-order valence-corrected chi connectivity index (χ4v) is 1.45. The molecule has 1 aromatic heterocycles. The van der Waals surface area contributed by atoms with Crippen LogP contribution in [0.3, 0.4) is 0 Å². The third-order valence-corrected chi connectivity index (χ3v) is 2.38. The average Bonchev–Trinajstić information content (AvgIpc) is 2.10. The van der Waals surface area contributed by atoms with Gasteiger partial charge in [-0.25, -0.2) is 4.79 Å². The minimum atomic E-state index is -0.847. The van der Waals surface area contributed by atoms with Gasteiger partial charge in [-0.05, 0) is 25.8 Å². The lowest BCUT2D eigenvalue weighted by atomic mass is 9.99. The van der Waals surface area contributed by atoms with Gasteiger partial charge in [0.25, 0.3) is 0 Å². The van der Waals surface area contributed by atoms with Gasteiger partial charge in [0.05, 0.1) is 5.92 Å². The molecule has 0 aliphatic rings. The number of nitrogens with zero attached hydrogens (tertiary/aromatic N) is 1. The van der Waals surface area contributed by atoms with Crippen LogP contribution in [0.4, 0.5) is 0 Å². The van der Waals surface area contributed by atoms with Crippen molar-refractivity contribution >= 4 is 5.97 Å².